The van der Waals surface area contributed by atoms with Crippen LogP contribution in [0, 0.1) is 6.92 Å². The summed E-state index contributed by atoms with van der Waals surface area (Å²) in [6.45, 7) is 7.75. The summed E-state index contributed by atoms with van der Waals surface area (Å²) in [5.74, 6) is 0. The number of rotatable bonds is 1. The normalized spacial score (nSPS) is 15.5. The fraction of sp³-hybridized carbons (Fsp3) is 0.500. The van der Waals surface area contributed by atoms with Crippen molar-refractivity contribution in [2.75, 3.05) is 0 Å². The molecule has 0 spiro atoms. The van der Waals surface area contributed by atoms with Gasteiger partial charge in [0.1, 0.15) is 0 Å². The summed E-state index contributed by atoms with van der Waals surface area (Å²) in [6.07, 6.45) is 4.78. The molecule has 1 aliphatic carbocycles. The maximum absolute atomic E-state index is 2.44. The van der Waals surface area contributed by atoms with Crippen molar-refractivity contribution in [1.29, 1.82) is 0 Å². The van der Waals surface area contributed by atoms with Crippen LogP contribution in [0.15, 0.2) is 12.1 Å². The maximum Gasteiger partial charge on any atom is 0.0255 e. The summed E-state index contributed by atoms with van der Waals surface area (Å²) < 4.78 is 2.44. The van der Waals surface area contributed by atoms with Gasteiger partial charge in [-0.15, -0.1) is 0 Å². The second-order valence-electron chi connectivity index (χ2n) is 3.82. The molecule has 0 radical (unpaired) electrons. The number of fused-ring (bicyclic) bond motifs is 1. The lowest BCUT2D eigenvalue weighted by Gasteiger charge is -2.14. The van der Waals surface area contributed by atoms with Gasteiger partial charge in [-0.3, -0.25) is 0 Å². The Morgan fingerprint density at radius 1 is 1.38 bits per heavy atom. The third kappa shape index (κ3) is 1.23. The SMILES string of the molecule is CCn1c(C)cc2c1CCC=C2C. The first-order valence-electron chi connectivity index (χ1n) is 5.10. The largest absolute Gasteiger partial charge is 0.349 e. The number of hydrogen-bond donors (Lipinski definition) is 0. The molecule has 1 aromatic rings. The lowest BCUT2D eigenvalue weighted by Crippen LogP contribution is -2.05. The molecule has 0 amide bonds. The van der Waals surface area contributed by atoms with E-state index in [0.29, 0.717) is 0 Å². The molecular weight excluding hydrogens is 158 g/mol. The number of hydrogen-bond acceptors (Lipinski definition) is 0. The van der Waals surface area contributed by atoms with E-state index < -0.39 is 0 Å². The molecule has 0 unspecified atom stereocenters. The standard InChI is InChI=1S/C12H17N/c1-4-13-10(3)8-11-9(2)6-5-7-12(11)13/h6,8H,4-5,7H2,1-3H3. The highest BCUT2D eigenvalue weighted by atomic mass is 15.0. The quantitative estimate of drug-likeness (QED) is 0.618. The van der Waals surface area contributed by atoms with Crippen LogP contribution in [0.5, 0.6) is 0 Å². The van der Waals surface area contributed by atoms with Gasteiger partial charge in [0.2, 0.25) is 0 Å². The first-order chi connectivity index (χ1) is 6.24. The van der Waals surface area contributed by atoms with Crippen LogP contribution in [-0.4, -0.2) is 4.57 Å². The van der Waals surface area contributed by atoms with Crippen LogP contribution in [0.2, 0.25) is 0 Å². The van der Waals surface area contributed by atoms with Gasteiger partial charge in [-0.25, -0.2) is 0 Å². The molecular formula is C12H17N. The van der Waals surface area contributed by atoms with Crippen LogP contribution >= 0.6 is 0 Å². The van der Waals surface area contributed by atoms with Crippen molar-refractivity contribution in [1.82, 2.24) is 4.57 Å². The molecule has 0 N–H and O–H groups in total. The van der Waals surface area contributed by atoms with Crippen LogP contribution < -0.4 is 0 Å². The second-order valence-corrected chi connectivity index (χ2v) is 3.82. The average Bonchev–Trinajstić information content (AvgIpc) is 2.43. The van der Waals surface area contributed by atoms with Crippen molar-refractivity contribution in [2.24, 2.45) is 0 Å². The van der Waals surface area contributed by atoms with Gasteiger partial charge in [-0.2, -0.15) is 0 Å². The third-order valence-corrected chi connectivity index (χ3v) is 2.99. The number of aromatic nitrogens is 1. The van der Waals surface area contributed by atoms with E-state index in [1.165, 1.54) is 29.7 Å². The molecule has 1 aliphatic rings. The van der Waals surface area contributed by atoms with Gasteiger partial charge in [0.15, 0.2) is 0 Å². The van der Waals surface area contributed by atoms with E-state index in [1.807, 2.05) is 0 Å². The minimum absolute atomic E-state index is 1.11. The Morgan fingerprint density at radius 3 is 2.85 bits per heavy atom. The molecule has 70 valence electrons. The molecule has 13 heavy (non-hydrogen) atoms. The van der Waals surface area contributed by atoms with Crippen molar-refractivity contribution < 1.29 is 0 Å². The van der Waals surface area contributed by atoms with Gasteiger partial charge >= 0.3 is 0 Å². The van der Waals surface area contributed by atoms with Gasteiger partial charge in [0.05, 0.1) is 0 Å². The number of nitrogens with zero attached hydrogens (tertiary/aromatic N) is 1. The number of aryl methyl sites for hydroxylation is 1. The van der Waals surface area contributed by atoms with Gasteiger partial charge in [-0.1, -0.05) is 6.08 Å². The molecule has 0 saturated carbocycles. The molecule has 0 atom stereocenters. The summed E-state index contributed by atoms with van der Waals surface area (Å²) in [5, 5.41) is 0. The van der Waals surface area contributed by atoms with Crippen molar-refractivity contribution in [3.05, 3.63) is 29.1 Å². The molecule has 2 rings (SSSR count). The van der Waals surface area contributed by atoms with Gasteiger partial charge in [-0.05, 0) is 50.8 Å². The summed E-state index contributed by atoms with van der Waals surface area (Å²) in [7, 11) is 0. The summed E-state index contributed by atoms with van der Waals surface area (Å²) >= 11 is 0. The topological polar surface area (TPSA) is 4.93 Å². The van der Waals surface area contributed by atoms with E-state index >= 15 is 0 Å². The number of allylic oxidation sites excluding steroid dienone is 2. The van der Waals surface area contributed by atoms with Gasteiger partial charge in [0.25, 0.3) is 0 Å². The first kappa shape index (κ1) is 8.61. The first-order valence-corrected chi connectivity index (χ1v) is 5.10. The minimum atomic E-state index is 1.11. The third-order valence-electron chi connectivity index (χ3n) is 2.99. The molecule has 1 heteroatoms. The molecule has 0 bridgehead atoms. The Labute approximate surface area is 80.1 Å². The second kappa shape index (κ2) is 3.06. The smallest absolute Gasteiger partial charge is 0.0255 e. The van der Waals surface area contributed by atoms with E-state index in [2.05, 4.69) is 37.5 Å². The fourth-order valence-electron chi connectivity index (χ4n) is 2.32. The Hall–Kier alpha value is -0.980. The van der Waals surface area contributed by atoms with Crippen molar-refractivity contribution in [3.8, 4) is 0 Å². The van der Waals surface area contributed by atoms with Crippen LogP contribution in [0.1, 0.15) is 37.2 Å². The van der Waals surface area contributed by atoms with Crippen LogP contribution in [0.4, 0.5) is 0 Å². The minimum Gasteiger partial charge on any atom is -0.349 e. The summed E-state index contributed by atoms with van der Waals surface area (Å²) in [4.78, 5) is 0. The van der Waals surface area contributed by atoms with E-state index in [4.69, 9.17) is 0 Å². The fourth-order valence-corrected chi connectivity index (χ4v) is 2.32. The van der Waals surface area contributed by atoms with Gasteiger partial charge < -0.3 is 4.57 Å². The molecule has 0 aromatic carbocycles. The Bertz CT molecular complexity index is 355. The van der Waals surface area contributed by atoms with Crippen LogP contribution in [0.3, 0.4) is 0 Å². The van der Waals surface area contributed by atoms with Crippen molar-refractivity contribution in [2.45, 2.75) is 40.2 Å². The van der Waals surface area contributed by atoms with Crippen molar-refractivity contribution in [3.63, 3.8) is 0 Å². The lowest BCUT2D eigenvalue weighted by atomic mass is 9.98. The predicted molar refractivity (Wildman–Crippen MR) is 56.8 cm³/mol. The molecule has 1 nitrogen and oxygen atoms in total. The Balaban J connectivity index is 2.58. The van der Waals surface area contributed by atoms with Crippen molar-refractivity contribution >= 4 is 5.57 Å². The monoisotopic (exact) mass is 175 g/mol. The van der Waals surface area contributed by atoms with Crippen LogP contribution in [0.25, 0.3) is 5.57 Å². The molecule has 0 aliphatic heterocycles. The average molecular weight is 175 g/mol. The Morgan fingerprint density at radius 2 is 2.15 bits per heavy atom. The van der Waals surface area contributed by atoms with E-state index in [1.54, 1.807) is 5.69 Å². The summed E-state index contributed by atoms with van der Waals surface area (Å²) in [6, 6.07) is 2.32. The van der Waals surface area contributed by atoms with E-state index in [9.17, 15) is 0 Å². The molecule has 1 heterocycles. The van der Waals surface area contributed by atoms with Crippen LogP contribution in [-0.2, 0) is 13.0 Å². The van der Waals surface area contributed by atoms with E-state index in [-0.39, 0.29) is 0 Å². The predicted octanol–water partition coefficient (Wildman–Crippen LogP) is 3.17. The zero-order valence-corrected chi connectivity index (χ0v) is 8.72. The summed E-state index contributed by atoms with van der Waals surface area (Å²) in [5.41, 5.74) is 5.88. The molecule has 0 fully saturated rings. The van der Waals surface area contributed by atoms with E-state index in [0.717, 1.165) is 6.54 Å². The highest BCUT2D eigenvalue weighted by molar-refractivity contribution is 5.68. The zero-order valence-electron chi connectivity index (χ0n) is 8.72. The molecule has 1 aromatic heterocycles. The van der Waals surface area contributed by atoms with Gasteiger partial charge in [0, 0.05) is 17.9 Å². The molecule has 0 saturated heterocycles. The maximum atomic E-state index is 2.44. The lowest BCUT2D eigenvalue weighted by molar-refractivity contribution is 0.686. The Kier molecular flexibility index (Phi) is 2.03. The highest BCUT2D eigenvalue weighted by Crippen LogP contribution is 2.28. The highest BCUT2D eigenvalue weighted by Gasteiger charge is 2.15. The zero-order chi connectivity index (χ0) is 9.42.